The molecule has 2 heterocycles. The lowest BCUT2D eigenvalue weighted by molar-refractivity contribution is 0.165. The number of hydrogen-bond acceptors (Lipinski definition) is 4. The Kier molecular flexibility index (Phi) is 4.09. The van der Waals surface area contributed by atoms with Crippen molar-refractivity contribution >= 4 is 0 Å². The molecule has 116 valence electrons. The molecule has 3 atom stereocenters. The monoisotopic (exact) mass is 290 g/mol. The third kappa shape index (κ3) is 3.16. The van der Waals surface area contributed by atoms with Crippen molar-refractivity contribution in [3.8, 4) is 11.5 Å². The first-order chi connectivity index (χ1) is 10.0. The summed E-state index contributed by atoms with van der Waals surface area (Å²) in [4.78, 5) is 2.49. The fraction of sp³-hybridized carbons (Fsp3) is 0.647. The molecule has 21 heavy (non-hydrogen) atoms. The second-order valence-corrected chi connectivity index (χ2v) is 6.57. The van der Waals surface area contributed by atoms with E-state index in [1.54, 1.807) is 7.11 Å². The van der Waals surface area contributed by atoms with E-state index >= 15 is 0 Å². The average molecular weight is 290 g/mol. The molecule has 2 aliphatic heterocycles. The van der Waals surface area contributed by atoms with E-state index in [1.807, 2.05) is 0 Å². The second-order valence-electron chi connectivity index (χ2n) is 6.57. The van der Waals surface area contributed by atoms with Gasteiger partial charge in [-0.2, -0.15) is 0 Å². The van der Waals surface area contributed by atoms with Crippen molar-refractivity contribution in [3.63, 3.8) is 0 Å². The molecular formula is C17H26N2O2. The van der Waals surface area contributed by atoms with Crippen molar-refractivity contribution in [2.24, 2.45) is 0 Å². The summed E-state index contributed by atoms with van der Waals surface area (Å²) in [7, 11) is 1.76. The van der Waals surface area contributed by atoms with E-state index in [0.29, 0.717) is 12.1 Å². The summed E-state index contributed by atoms with van der Waals surface area (Å²) in [6.07, 6.45) is 1.26. The van der Waals surface area contributed by atoms with E-state index in [-0.39, 0.29) is 6.10 Å². The molecule has 3 rings (SSSR count). The zero-order valence-electron chi connectivity index (χ0n) is 13.5. The van der Waals surface area contributed by atoms with Gasteiger partial charge in [0.2, 0.25) is 0 Å². The SMILES string of the molecule is COc1cc2c(cc1CN1CC(C)NC(C)C1)OC(C)C2. The van der Waals surface area contributed by atoms with Gasteiger partial charge in [0.15, 0.2) is 0 Å². The van der Waals surface area contributed by atoms with Gasteiger partial charge in [0, 0.05) is 49.3 Å². The van der Waals surface area contributed by atoms with Gasteiger partial charge in [0.1, 0.15) is 17.6 Å². The summed E-state index contributed by atoms with van der Waals surface area (Å²) in [5.41, 5.74) is 2.50. The van der Waals surface area contributed by atoms with Crippen LogP contribution < -0.4 is 14.8 Å². The molecule has 0 radical (unpaired) electrons. The maximum Gasteiger partial charge on any atom is 0.123 e. The number of nitrogens with one attached hydrogen (secondary N) is 1. The molecule has 1 saturated heterocycles. The van der Waals surface area contributed by atoms with Gasteiger partial charge < -0.3 is 14.8 Å². The number of piperazine rings is 1. The maximum atomic E-state index is 5.89. The van der Waals surface area contributed by atoms with Gasteiger partial charge in [-0.05, 0) is 32.9 Å². The normalized spacial score (nSPS) is 29.0. The number of hydrogen-bond donors (Lipinski definition) is 1. The Bertz CT molecular complexity index is 508. The van der Waals surface area contributed by atoms with E-state index in [0.717, 1.165) is 37.6 Å². The van der Waals surface area contributed by atoms with Gasteiger partial charge in [0.25, 0.3) is 0 Å². The van der Waals surface area contributed by atoms with E-state index in [2.05, 4.69) is 43.1 Å². The average Bonchev–Trinajstić information content (AvgIpc) is 2.75. The van der Waals surface area contributed by atoms with Crippen LogP contribution in [0.5, 0.6) is 11.5 Å². The third-order valence-corrected chi connectivity index (χ3v) is 4.33. The van der Waals surface area contributed by atoms with Crippen molar-refractivity contribution in [2.75, 3.05) is 20.2 Å². The van der Waals surface area contributed by atoms with Crippen LogP contribution in [0, 0.1) is 0 Å². The van der Waals surface area contributed by atoms with Gasteiger partial charge in [-0.15, -0.1) is 0 Å². The molecule has 1 N–H and O–H groups in total. The number of nitrogens with zero attached hydrogens (tertiary/aromatic N) is 1. The van der Waals surface area contributed by atoms with Crippen molar-refractivity contribution < 1.29 is 9.47 Å². The number of methoxy groups -OCH3 is 1. The van der Waals surface area contributed by atoms with Gasteiger partial charge in [0.05, 0.1) is 7.11 Å². The second kappa shape index (κ2) is 5.85. The fourth-order valence-electron chi connectivity index (χ4n) is 3.61. The molecule has 0 amide bonds. The smallest absolute Gasteiger partial charge is 0.123 e. The zero-order chi connectivity index (χ0) is 15.0. The van der Waals surface area contributed by atoms with Gasteiger partial charge in [-0.1, -0.05) is 0 Å². The molecule has 0 aromatic heterocycles. The molecular weight excluding hydrogens is 264 g/mol. The summed E-state index contributed by atoms with van der Waals surface area (Å²) in [6, 6.07) is 5.40. The topological polar surface area (TPSA) is 33.7 Å². The summed E-state index contributed by atoms with van der Waals surface area (Å²) < 4.78 is 11.5. The third-order valence-electron chi connectivity index (χ3n) is 4.33. The number of fused-ring (bicyclic) bond motifs is 1. The molecule has 0 aliphatic carbocycles. The minimum absolute atomic E-state index is 0.277. The minimum atomic E-state index is 0.277. The van der Waals surface area contributed by atoms with E-state index < -0.39 is 0 Å². The molecule has 0 spiro atoms. The van der Waals surface area contributed by atoms with Crippen LogP contribution in [-0.2, 0) is 13.0 Å². The first-order valence-electron chi connectivity index (χ1n) is 7.90. The summed E-state index contributed by atoms with van der Waals surface area (Å²) in [5.74, 6) is 2.03. The standard InChI is InChI=1S/C17H26N2O2/c1-11-8-19(9-12(2)18-11)10-15-7-17-14(5-13(3)21-17)6-16(15)20-4/h6-7,11-13,18H,5,8-10H2,1-4H3. The van der Waals surface area contributed by atoms with Crippen LogP contribution in [0.3, 0.4) is 0 Å². The number of rotatable bonds is 3. The number of benzene rings is 1. The molecule has 1 aromatic rings. The molecule has 4 heteroatoms. The first kappa shape index (κ1) is 14.7. The van der Waals surface area contributed by atoms with E-state index in [1.165, 1.54) is 11.1 Å². The van der Waals surface area contributed by atoms with Crippen LogP contribution in [0.4, 0.5) is 0 Å². The van der Waals surface area contributed by atoms with Gasteiger partial charge in [-0.25, -0.2) is 0 Å². The zero-order valence-corrected chi connectivity index (χ0v) is 13.5. The summed E-state index contributed by atoms with van der Waals surface area (Å²) in [6.45, 7) is 9.67. The Hall–Kier alpha value is -1.26. The lowest BCUT2D eigenvalue weighted by Gasteiger charge is -2.36. The molecule has 1 aromatic carbocycles. The predicted octanol–water partition coefficient (Wildman–Crippen LogP) is 2.20. The van der Waals surface area contributed by atoms with Crippen molar-refractivity contribution in [1.82, 2.24) is 10.2 Å². The highest BCUT2D eigenvalue weighted by Gasteiger charge is 2.25. The lowest BCUT2D eigenvalue weighted by Crippen LogP contribution is -2.53. The quantitative estimate of drug-likeness (QED) is 0.925. The Morgan fingerprint density at radius 2 is 1.95 bits per heavy atom. The molecule has 3 unspecified atom stereocenters. The predicted molar refractivity (Wildman–Crippen MR) is 84.1 cm³/mol. The Morgan fingerprint density at radius 3 is 2.62 bits per heavy atom. The van der Waals surface area contributed by atoms with Crippen LogP contribution in [0.2, 0.25) is 0 Å². The van der Waals surface area contributed by atoms with Crippen LogP contribution >= 0.6 is 0 Å². The largest absolute Gasteiger partial charge is 0.496 e. The van der Waals surface area contributed by atoms with Gasteiger partial charge >= 0.3 is 0 Å². The molecule has 0 saturated carbocycles. The fourth-order valence-corrected chi connectivity index (χ4v) is 3.61. The van der Waals surface area contributed by atoms with Crippen LogP contribution in [-0.4, -0.2) is 43.3 Å². The van der Waals surface area contributed by atoms with Crippen LogP contribution in [0.25, 0.3) is 0 Å². The Morgan fingerprint density at radius 1 is 1.24 bits per heavy atom. The first-order valence-corrected chi connectivity index (χ1v) is 7.90. The Balaban J connectivity index is 1.80. The minimum Gasteiger partial charge on any atom is -0.496 e. The van der Waals surface area contributed by atoms with E-state index in [9.17, 15) is 0 Å². The molecule has 1 fully saturated rings. The van der Waals surface area contributed by atoms with Crippen molar-refractivity contribution in [2.45, 2.75) is 51.9 Å². The Labute approximate surface area is 127 Å². The highest BCUT2D eigenvalue weighted by atomic mass is 16.5. The van der Waals surface area contributed by atoms with Crippen molar-refractivity contribution in [3.05, 3.63) is 23.3 Å². The van der Waals surface area contributed by atoms with Gasteiger partial charge in [-0.3, -0.25) is 4.90 Å². The molecule has 2 aliphatic rings. The maximum absolute atomic E-state index is 5.89. The van der Waals surface area contributed by atoms with Crippen LogP contribution in [0.1, 0.15) is 31.9 Å². The van der Waals surface area contributed by atoms with E-state index in [4.69, 9.17) is 9.47 Å². The lowest BCUT2D eigenvalue weighted by atomic mass is 10.0. The highest BCUT2D eigenvalue weighted by molar-refractivity contribution is 5.48. The van der Waals surface area contributed by atoms with Crippen LogP contribution in [0.15, 0.2) is 12.1 Å². The van der Waals surface area contributed by atoms with Crippen molar-refractivity contribution in [1.29, 1.82) is 0 Å². The summed E-state index contributed by atoms with van der Waals surface area (Å²) >= 11 is 0. The summed E-state index contributed by atoms with van der Waals surface area (Å²) in [5, 5.41) is 3.57. The molecule has 4 nitrogen and oxygen atoms in total. The highest BCUT2D eigenvalue weighted by Crippen LogP contribution is 2.35. The number of ether oxygens (including phenoxy) is 2. The molecule has 0 bridgehead atoms.